The Morgan fingerprint density at radius 3 is 1.65 bits per heavy atom. The first-order valence-electron chi connectivity index (χ1n) is 18.2. The third kappa shape index (κ3) is 4.76. The summed E-state index contributed by atoms with van der Waals surface area (Å²) in [6.45, 7) is 0. The van der Waals surface area contributed by atoms with Crippen LogP contribution in [0.15, 0.2) is 188 Å². The number of hydrogen-bond acceptors (Lipinski definition) is 3. The number of para-hydroxylation sites is 4. The molecule has 0 aliphatic carbocycles. The van der Waals surface area contributed by atoms with Crippen LogP contribution in [0.4, 0.5) is 0 Å². The fraction of sp³-hybridized carbons (Fsp3) is 0. The minimum absolute atomic E-state index is 0.658. The summed E-state index contributed by atoms with van der Waals surface area (Å²) >= 11 is 0. The van der Waals surface area contributed by atoms with Crippen molar-refractivity contribution in [3.8, 4) is 45.3 Å². The summed E-state index contributed by atoms with van der Waals surface area (Å²) in [7, 11) is 0. The van der Waals surface area contributed by atoms with Crippen LogP contribution in [0.3, 0.4) is 0 Å². The summed E-state index contributed by atoms with van der Waals surface area (Å²) in [5.74, 6) is 0.658. The summed E-state index contributed by atoms with van der Waals surface area (Å²) < 4.78 is 4.84. The molecular weight excluding hydrogens is 659 g/mol. The molecule has 4 heterocycles. The third-order valence-electron chi connectivity index (χ3n) is 10.5. The van der Waals surface area contributed by atoms with Crippen LogP contribution in [-0.4, -0.2) is 24.1 Å². The Balaban J connectivity index is 1.18. The first-order valence-corrected chi connectivity index (χ1v) is 18.2. The molecule has 0 N–H and O–H groups in total. The number of nitrogens with zero attached hydrogens (tertiary/aromatic N) is 5. The molecule has 4 aromatic heterocycles. The molecule has 0 atom stereocenters. The molecule has 0 unspecified atom stereocenters. The molecule has 0 amide bonds. The van der Waals surface area contributed by atoms with Gasteiger partial charge in [0, 0.05) is 61.2 Å². The summed E-state index contributed by atoms with van der Waals surface area (Å²) in [4.78, 5) is 15.2. The van der Waals surface area contributed by atoms with Gasteiger partial charge in [-0.3, -0.25) is 4.98 Å². The topological polar surface area (TPSA) is 48.5 Å². The number of hydrogen-bond donors (Lipinski definition) is 0. The van der Waals surface area contributed by atoms with Gasteiger partial charge in [0.15, 0.2) is 5.82 Å². The van der Waals surface area contributed by atoms with E-state index in [0.29, 0.717) is 5.82 Å². The molecule has 252 valence electrons. The largest absolute Gasteiger partial charge is 0.307 e. The Bertz CT molecular complexity index is 3210. The molecule has 11 rings (SSSR count). The van der Waals surface area contributed by atoms with Crippen LogP contribution in [-0.2, 0) is 0 Å². The number of benzene rings is 7. The molecule has 7 aromatic carbocycles. The molecule has 0 bridgehead atoms. The molecule has 5 heteroatoms. The molecule has 0 aliphatic heterocycles. The highest BCUT2D eigenvalue weighted by Crippen LogP contribution is 2.42. The lowest BCUT2D eigenvalue weighted by molar-refractivity contribution is 1.14. The van der Waals surface area contributed by atoms with E-state index in [9.17, 15) is 0 Å². The van der Waals surface area contributed by atoms with Crippen molar-refractivity contribution in [2.75, 3.05) is 0 Å². The van der Waals surface area contributed by atoms with Crippen molar-refractivity contribution in [1.82, 2.24) is 24.1 Å². The molecule has 5 nitrogen and oxygen atoms in total. The van der Waals surface area contributed by atoms with E-state index in [1.54, 1.807) is 0 Å². The highest BCUT2D eigenvalue weighted by molar-refractivity contribution is 6.23. The van der Waals surface area contributed by atoms with Gasteiger partial charge in [-0.2, -0.15) is 0 Å². The maximum Gasteiger partial charge on any atom is 0.160 e. The second-order valence-corrected chi connectivity index (χ2v) is 13.7. The number of pyridine rings is 1. The van der Waals surface area contributed by atoms with Gasteiger partial charge in [-0.25, -0.2) is 9.97 Å². The molecule has 54 heavy (non-hydrogen) atoms. The lowest BCUT2D eigenvalue weighted by atomic mass is 10.1. The third-order valence-corrected chi connectivity index (χ3v) is 10.5. The van der Waals surface area contributed by atoms with E-state index in [4.69, 9.17) is 15.0 Å². The van der Waals surface area contributed by atoms with E-state index in [-0.39, 0.29) is 0 Å². The molecular formula is C49H31N5. The fourth-order valence-electron chi connectivity index (χ4n) is 8.09. The Morgan fingerprint density at radius 2 is 0.926 bits per heavy atom. The van der Waals surface area contributed by atoms with Gasteiger partial charge in [0.25, 0.3) is 0 Å². The van der Waals surface area contributed by atoms with Crippen molar-refractivity contribution in [3.63, 3.8) is 0 Å². The zero-order valence-electron chi connectivity index (χ0n) is 29.1. The van der Waals surface area contributed by atoms with Crippen LogP contribution < -0.4 is 0 Å². The van der Waals surface area contributed by atoms with Crippen molar-refractivity contribution in [3.05, 3.63) is 188 Å². The molecule has 0 saturated carbocycles. The van der Waals surface area contributed by atoms with E-state index in [1.807, 2.05) is 42.6 Å². The van der Waals surface area contributed by atoms with E-state index in [0.717, 1.165) is 61.4 Å². The Kier molecular flexibility index (Phi) is 6.79. The standard InChI is InChI=1S/C49H31N5/c1-3-14-32(15-4-1)43-30-44(35-28-33-16-7-10-23-42(33)50-31-35)52-49(51-43)34-17-13-20-37(29-34)54-46-25-12-9-22-39(46)41-27-26-40-38-21-8-11-24-45(38)53(47(40)48(41)54)36-18-5-2-6-19-36/h1-31H. The number of rotatable bonds is 5. The molecule has 0 aliphatic rings. The van der Waals surface area contributed by atoms with Crippen molar-refractivity contribution in [2.24, 2.45) is 0 Å². The lowest BCUT2D eigenvalue weighted by Gasteiger charge is -2.14. The van der Waals surface area contributed by atoms with Crippen molar-refractivity contribution in [1.29, 1.82) is 0 Å². The van der Waals surface area contributed by atoms with Crippen LogP contribution >= 0.6 is 0 Å². The quantitative estimate of drug-likeness (QED) is 0.181. The van der Waals surface area contributed by atoms with Gasteiger partial charge in [0.1, 0.15) is 0 Å². The average molecular weight is 690 g/mol. The first kappa shape index (κ1) is 30.3. The minimum atomic E-state index is 0.658. The Morgan fingerprint density at radius 1 is 0.370 bits per heavy atom. The van der Waals surface area contributed by atoms with Gasteiger partial charge < -0.3 is 9.13 Å². The van der Waals surface area contributed by atoms with Crippen molar-refractivity contribution >= 4 is 54.5 Å². The average Bonchev–Trinajstić information content (AvgIpc) is 3.77. The maximum absolute atomic E-state index is 5.22. The van der Waals surface area contributed by atoms with Crippen LogP contribution in [0.25, 0.3) is 99.8 Å². The SMILES string of the molecule is c1ccc(-c2cc(-c3cnc4ccccc4c3)nc(-c3cccc(-n4c5ccccc5c5ccc6c7ccccc7n(-c7ccccc7)c6c54)c3)n2)cc1. The normalized spacial score (nSPS) is 11.7. The van der Waals surface area contributed by atoms with Gasteiger partial charge in [-0.15, -0.1) is 0 Å². The van der Waals surface area contributed by atoms with Gasteiger partial charge in [0.2, 0.25) is 0 Å². The van der Waals surface area contributed by atoms with Gasteiger partial charge in [-0.1, -0.05) is 127 Å². The van der Waals surface area contributed by atoms with E-state index < -0.39 is 0 Å². The monoisotopic (exact) mass is 689 g/mol. The lowest BCUT2D eigenvalue weighted by Crippen LogP contribution is -2.00. The molecule has 0 fully saturated rings. The van der Waals surface area contributed by atoms with Crippen LogP contribution in [0, 0.1) is 0 Å². The molecule has 11 aromatic rings. The minimum Gasteiger partial charge on any atom is -0.307 e. The summed E-state index contributed by atoms with van der Waals surface area (Å²) in [6.07, 6.45) is 1.91. The van der Waals surface area contributed by atoms with Crippen LogP contribution in [0.5, 0.6) is 0 Å². The second kappa shape index (κ2) is 12.1. The van der Waals surface area contributed by atoms with E-state index in [2.05, 4.69) is 155 Å². The summed E-state index contributed by atoms with van der Waals surface area (Å²) in [5.41, 5.74) is 12.4. The Hall–Kier alpha value is -7.37. The predicted molar refractivity (Wildman–Crippen MR) is 222 cm³/mol. The van der Waals surface area contributed by atoms with Gasteiger partial charge >= 0.3 is 0 Å². The van der Waals surface area contributed by atoms with Gasteiger partial charge in [0.05, 0.1) is 39.0 Å². The Labute approximate surface area is 311 Å². The second-order valence-electron chi connectivity index (χ2n) is 13.7. The predicted octanol–water partition coefficient (Wildman–Crippen LogP) is 12.2. The maximum atomic E-state index is 5.22. The van der Waals surface area contributed by atoms with E-state index in [1.165, 1.54) is 32.6 Å². The van der Waals surface area contributed by atoms with Crippen molar-refractivity contribution < 1.29 is 0 Å². The zero-order chi connectivity index (χ0) is 35.6. The van der Waals surface area contributed by atoms with Crippen LogP contribution in [0.1, 0.15) is 0 Å². The number of aromatic nitrogens is 5. The molecule has 0 radical (unpaired) electrons. The highest BCUT2D eigenvalue weighted by atomic mass is 15.0. The smallest absolute Gasteiger partial charge is 0.160 e. The highest BCUT2D eigenvalue weighted by Gasteiger charge is 2.21. The van der Waals surface area contributed by atoms with Crippen molar-refractivity contribution in [2.45, 2.75) is 0 Å². The zero-order valence-corrected chi connectivity index (χ0v) is 29.1. The fourth-order valence-corrected chi connectivity index (χ4v) is 8.09. The number of fused-ring (bicyclic) bond motifs is 8. The summed E-state index contributed by atoms with van der Waals surface area (Å²) in [6, 6.07) is 64.1. The summed E-state index contributed by atoms with van der Waals surface area (Å²) in [5, 5.41) is 5.93. The molecule has 0 spiro atoms. The van der Waals surface area contributed by atoms with E-state index >= 15 is 0 Å². The van der Waals surface area contributed by atoms with Crippen LogP contribution in [0.2, 0.25) is 0 Å². The van der Waals surface area contributed by atoms with Gasteiger partial charge in [-0.05, 0) is 54.6 Å². The first-order chi connectivity index (χ1) is 26.8. The molecule has 0 saturated heterocycles.